The molecule has 0 saturated heterocycles. The molecule has 80 valence electrons. The molecule has 0 atom stereocenters. The van der Waals surface area contributed by atoms with Gasteiger partial charge in [-0.1, -0.05) is 26.8 Å². The first-order chi connectivity index (χ1) is 6.41. The van der Waals surface area contributed by atoms with E-state index >= 15 is 0 Å². The Hall–Kier alpha value is -0.790. The van der Waals surface area contributed by atoms with Crippen molar-refractivity contribution < 1.29 is 4.79 Å². The van der Waals surface area contributed by atoms with Gasteiger partial charge in [0.1, 0.15) is 0 Å². The van der Waals surface area contributed by atoms with Crippen LogP contribution in [0.3, 0.4) is 0 Å². The van der Waals surface area contributed by atoms with Crippen molar-refractivity contribution in [3.05, 3.63) is 11.6 Å². The Morgan fingerprint density at radius 3 is 2.57 bits per heavy atom. The molecule has 0 aromatic heterocycles. The van der Waals surface area contributed by atoms with Crippen LogP contribution in [0.4, 0.5) is 0 Å². The van der Waals surface area contributed by atoms with Crippen molar-refractivity contribution in [2.24, 2.45) is 5.41 Å². The Kier molecular flexibility index (Phi) is 3.35. The Balaban J connectivity index is 2.76. The number of rotatable bonds is 0. The summed E-state index contributed by atoms with van der Waals surface area (Å²) in [5.74, 6) is 0.196. The zero-order valence-electron chi connectivity index (χ0n) is 9.76. The summed E-state index contributed by atoms with van der Waals surface area (Å²) in [6, 6.07) is 0. The smallest absolute Gasteiger partial charge is 0.219 e. The Morgan fingerprint density at radius 1 is 1.43 bits per heavy atom. The monoisotopic (exact) mass is 195 g/mol. The highest BCUT2D eigenvalue weighted by Crippen LogP contribution is 2.28. The maximum Gasteiger partial charge on any atom is 0.219 e. The summed E-state index contributed by atoms with van der Waals surface area (Å²) in [6.45, 7) is 10.0. The summed E-state index contributed by atoms with van der Waals surface area (Å²) in [5, 5.41) is 0. The zero-order valence-corrected chi connectivity index (χ0v) is 9.76. The molecule has 0 unspecified atom stereocenters. The lowest BCUT2D eigenvalue weighted by Crippen LogP contribution is -2.33. The minimum absolute atomic E-state index is 0.193. The fourth-order valence-corrected chi connectivity index (χ4v) is 1.72. The van der Waals surface area contributed by atoms with Crippen LogP contribution in [0.5, 0.6) is 0 Å². The molecule has 0 spiro atoms. The third-order valence-electron chi connectivity index (χ3n) is 2.79. The molecule has 1 aliphatic rings. The number of hydrogen-bond acceptors (Lipinski definition) is 1. The van der Waals surface area contributed by atoms with Gasteiger partial charge in [-0.25, -0.2) is 0 Å². The predicted octanol–water partition coefficient (Wildman–Crippen LogP) is 2.60. The minimum atomic E-state index is 0.193. The lowest BCUT2D eigenvalue weighted by molar-refractivity contribution is -0.128. The average molecular weight is 195 g/mol. The van der Waals surface area contributed by atoms with Gasteiger partial charge in [-0.2, -0.15) is 0 Å². The molecule has 2 nitrogen and oxygen atoms in total. The topological polar surface area (TPSA) is 20.3 Å². The lowest BCUT2D eigenvalue weighted by atomic mass is 9.85. The van der Waals surface area contributed by atoms with Gasteiger partial charge in [0, 0.05) is 20.0 Å². The number of amides is 1. The molecule has 0 fully saturated rings. The summed E-state index contributed by atoms with van der Waals surface area (Å²) in [4.78, 5) is 13.3. The molecule has 0 saturated carbocycles. The van der Waals surface area contributed by atoms with Crippen molar-refractivity contribution in [3.63, 3.8) is 0 Å². The van der Waals surface area contributed by atoms with E-state index in [0.717, 1.165) is 25.9 Å². The maximum absolute atomic E-state index is 11.3. The van der Waals surface area contributed by atoms with Crippen molar-refractivity contribution in [3.8, 4) is 0 Å². The number of nitrogens with zero attached hydrogens (tertiary/aromatic N) is 1. The fraction of sp³-hybridized carbons (Fsp3) is 0.750. The molecule has 1 rings (SSSR count). The third kappa shape index (κ3) is 2.86. The Bertz CT molecular complexity index is 248. The number of hydrogen-bond donors (Lipinski definition) is 0. The van der Waals surface area contributed by atoms with Gasteiger partial charge in [0.25, 0.3) is 0 Å². The highest BCUT2D eigenvalue weighted by atomic mass is 16.2. The minimum Gasteiger partial charge on any atom is -0.339 e. The SMILES string of the molecule is CC(=O)N1CCCC=C(C(C)(C)C)C1. The van der Waals surface area contributed by atoms with Crippen LogP contribution in [0, 0.1) is 5.41 Å². The number of carbonyl (C=O) groups excluding carboxylic acids is 1. The third-order valence-corrected chi connectivity index (χ3v) is 2.79. The van der Waals surface area contributed by atoms with Crippen LogP contribution >= 0.6 is 0 Å². The quantitative estimate of drug-likeness (QED) is 0.544. The van der Waals surface area contributed by atoms with E-state index in [4.69, 9.17) is 0 Å². The van der Waals surface area contributed by atoms with Crippen LogP contribution in [-0.4, -0.2) is 23.9 Å². The first-order valence-corrected chi connectivity index (χ1v) is 5.36. The summed E-state index contributed by atoms with van der Waals surface area (Å²) in [7, 11) is 0. The van der Waals surface area contributed by atoms with Gasteiger partial charge in [-0.3, -0.25) is 4.79 Å². The number of allylic oxidation sites excluding steroid dienone is 1. The molecule has 0 N–H and O–H groups in total. The van der Waals surface area contributed by atoms with Gasteiger partial charge < -0.3 is 4.90 Å². The molecule has 1 aliphatic heterocycles. The average Bonchev–Trinajstić information content (AvgIpc) is 2.26. The number of carbonyl (C=O) groups is 1. The molecule has 14 heavy (non-hydrogen) atoms. The second kappa shape index (κ2) is 4.16. The first kappa shape index (κ1) is 11.3. The van der Waals surface area contributed by atoms with Crippen LogP contribution in [0.15, 0.2) is 11.6 Å². The second-order valence-corrected chi connectivity index (χ2v) is 5.06. The maximum atomic E-state index is 11.3. The van der Waals surface area contributed by atoms with Crippen molar-refractivity contribution in [2.45, 2.75) is 40.5 Å². The predicted molar refractivity (Wildman–Crippen MR) is 59.0 cm³/mol. The highest BCUT2D eigenvalue weighted by Gasteiger charge is 2.22. The second-order valence-electron chi connectivity index (χ2n) is 5.06. The van der Waals surface area contributed by atoms with Crippen LogP contribution in [0.25, 0.3) is 0 Å². The first-order valence-electron chi connectivity index (χ1n) is 5.36. The molecule has 0 aliphatic carbocycles. The van der Waals surface area contributed by atoms with Crippen LogP contribution in [0.2, 0.25) is 0 Å². The van der Waals surface area contributed by atoms with Crippen molar-refractivity contribution in [1.82, 2.24) is 4.90 Å². The summed E-state index contributed by atoms with van der Waals surface area (Å²) < 4.78 is 0. The lowest BCUT2D eigenvalue weighted by Gasteiger charge is -2.27. The molecule has 0 radical (unpaired) electrons. The normalized spacial score (nSPS) is 18.9. The van der Waals surface area contributed by atoms with Crippen LogP contribution < -0.4 is 0 Å². The van der Waals surface area contributed by atoms with Gasteiger partial charge in [-0.05, 0) is 23.8 Å². The van der Waals surface area contributed by atoms with E-state index in [2.05, 4.69) is 26.8 Å². The van der Waals surface area contributed by atoms with E-state index in [0.29, 0.717) is 0 Å². The molecule has 0 aromatic carbocycles. The van der Waals surface area contributed by atoms with Gasteiger partial charge >= 0.3 is 0 Å². The van der Waals surface area contributed by atoms with Gasteiger partial charge in [0.05, 0.1) is 0 Å². The molecule has 1 amide bonds. The highest BCUT2D eigenvalue weighted by molar-refractivity contribution is 5.73. The van der Waals surface area contributed by atoms with Crippen molar-refractivity contribution in [2.75, 3.05) is 13.1 Å². The molecule has 0 aromatic rings. The van der Waals surface area contributed by atoms with Crippen molar-refractivity contribution >= 4 is 5.91 Å². The molecule has 1 heterocycles. The van der Waals surface area contributed by atoms with E-state index in [1.165, 1.54) is 5.57 Å². The molecular formula is C12H21NO. The Morgan fingerprint density at radius 2 is 2.07 bits per heavy atom. The largest absolute Gasteiger partial charge is 0.339 e. The molecule has 0 bridgehead atoms. The van der Waals surface area contributed by atoms with Crippen LogP contribution in [0.1, 0.15) is 40.5 Å². The summed E-state index contributed by atoms with van der Waals surface area (Å²) in [6.07, 6.45) is 4.51. The molecule has 2 heteroatoms. The summed E-state index contributed by atoms with van der Waals surface area (Å²) >= 11 is 0. The molecular weight excluding hydrogens is 174 g/mol. The van der Waals surface area contributed by atoms with E-state index in [1.54, 1.807) is 6.92 Å². The van der Waals surface area contributed by atoms with Crippen molar-refractivity contribution in [1.29, 1.82) is 0 Å². The fourth-order valence-electron chi connectivity index (χ4n) is 1.72. The Labute approximate surface area is 87.0 Å². The van der Waals surface area contributed by atoms with Gasteiger partial charge in [0.15, 0.2) is 0 Å². The van der Waals surface area contributed by atoms with E-state index in [9.17, 15) is 4.79 Å². The van der Waals surface area contributed by atoms with E-state index in [1.807, 2.05) is 4.90 Å². The van der Waals surface area contributed by atoms with Gasteiger partial charge in [0.2, 0.25) is 5.91 Å². The zero-order chi connectivity index (χ0) is 10.8. The standard InChI is InChI=1S/C12H21NO/c1-10(14)13-8-6-5-7-11(9-13)12(2,3)4/h7H,5-6,8-9H2,1-4H3. The van der Waals surface area contributed by atoms with Gasteiger partial charge in [-0.15, -0.1) is 0 Å². The summed E-state index contributed by atoms with van der Waals surface area (Å²) in [5.41, 5.74) is 1.59. The van der Waals surface area contributed by atoms with E-state index < -0.39 is 0 Å². The van der Waals surface area contributed by atoms with Crippen LogP contribution in [-0.2, 0) is 4.79 Å². The van der Waals surface area contributed by atoms with E-state index in [-0.39, 0.29) is 11.3 Å².